The summed E-state index contributed by atoms with van der Waals surface area (Å²) >= 11 is 0. The van der Waals surface area contributed by atoms with E-state index in [1.807, 2.05) is 6.92 Å². The Morgan fingerprint density at radius 1 is 1.63 bits per heavy atom. The Morgan fingerprint density at radius 3 is 3.05 bits per heavy atom. The average Bonchev–Trinajstić information content (AvgIpc) is 2.41. The van der Waals surface area contributed by atoms with Crippen LogP contribution in [0.4, 0.5) is 4.39 Å². The number of phenols is 1. The maximum atomic E-state index is 13.2. The minimum absolute atomic E-state index is 0.0375. The Kier molecular flexibility index (Phi) is 4.01. The second kappa shape index (κ2) is 5.54. The van der Waals surface area contributed by atoms with E-state index >= 15 is 0 Å². The van der Waals surface area contributed by atoms with Crippen LogP contribution in [0.25, 0.3) is 0 Å². The molecule has 3 N–H and O–H groups in total. The maximum Gasteiger partial charge on any atom is 0.258 e. The minimum Gasteiger partial charge on any atom is -0.507 e. The minimum atomic E-state index is -0.558. The second-order valence-corrected chi connectivity index (χ2v) is 4.66. The van der Waals surface area contributed by atoms with Crippen molar-refractivity contribution >= 4 is 5.91 Å². The number of phenolic OH excluding ortho intramolecular Hbond substituents is 1. The van der Waals surface area contributed by atoms with E-state index in [1.54, 1.807) is 4.90 Å². The van der Waals surface area contributed by atoms with Crippen molar-refractivity contribution in [1.82, 2.24) is 4.90 Å². The first-order valence-corrected chi connectivity index (χ1v) is 6.14. The van der Waals surface area contributed by atoms with Crippen molar-refractivity contribution in [3.63, 3.8) is 0 Å². The molecule has 104 valence electrons. The lowest BCUT2D eigenvalue weighted by Gasteiger charge is -2.37. The van der Waals surface area contributed by atoms with Crippen molar-refractivity contribution < 1.29 is 19.0 Å². The number of morpholine rings is 1. The molecule has 1 saturated heterocycles. The Hall–Kier alpha value is -1.66. The van der Waals surface area contributed by atoms with Crippen LogP contribution >= 0.6 is 0 Å². The lowest BCUT2D eigenvalue weighted by molar-refractivity contribution is -0.0426. The highest BCUT2D eigenvalue weighted by molar-refractivity contribution is 5.97. The van der Waals surface area contributed by atoms with Gasteiger partial charge in [-0.1, -0.05) is 0 Å². The molecule has 2 atom stereocenters. The van der Waals surface area contributed by atoms with Gasteiger partial charge in [-0.15, -0.1) is 0 Å². The molecular formula is C13H17FN2O3. The third-order valence-corrected chi connectivity index (χ3v) is 3.22. The molecule has 0 radical (unpaired) electrons. The van der Waals surface area contributed by atoms with Crippen LogP contribution in [0.5, 0.6) is 5.75 Å². The molecular weight excluding hydrogens is 251 g/mol. The largest absolute Gasteiger partial charge is 0.507 e. The standard InChI is InChI=1S/C13H17FN2O3/c1-8-7-19-10(5-15)6-16(8)13(18)11-4-9(14)2-3-12(11)17/h2-4,8,10,17H,5-7,15H2,1H3. The molecule has 1 heterocycles. The van der Waals surface area contributed by atoms with Crippen molar-refractivity contribution in [2.75, 3.05) is 19.7 Å². The van der Waals surface area contributed by atoms with Crippen molar-refractivity contribution in [2.45, 2.75) is 19.1 Å². The summed E-state index contributed by atoms with van der Waals surface area (Å²) < 4.78 is 18.6. The number of halogens is 1. The molecule has 0 aromatic heterocycles. The predicted octanol–water partition coefficient (Wildman–Crippen LogP) is 0.719. The highest BCUT2D eigenvalue weighted by Gasteiger charge is 2.30. The fourth-order valence-electron chi connectivity index (χ4n) is 2.08. The third kappa shape index (κ3) is 2.85. The van der Waals surface area contributed by atoms with Crippen molar-refractivity contribution in [3.05, 3.63) is 29.6 Å². The first kappa shape index (κ1) is 13.8. The van der Waals surface area contributed by atoms with E-state index in [0.29, 0.717) is 19.7 Å². The number of rotatable bonds is 2. The number of carbonyl (C=O) groups is 1. The Morgan fingerprint density at radius 2 is 2.37 bits per heavy atom. The lowest BCUT2D eigenvalue weighted by atomic mass is 10.1. The van der Waals surface area contributed by atoms with Gasteiger partial charge >= 0.3 is 0 Å². The van der Waals surface area contributed by atoms with E-state index < -0.39 is 11.7 Å². The van der Waals surface area contributed by atoms with Crippen LogP contribution in [0.2, 0.25) is 0 Å². The highest BCUT2D eigenvalue weighted by Crippen LogP contribution is 2.22. The van der Waals surface area contributed by atoms with Crippen LogP contribution in [0.3, 0.4) is 0 Å². The number of aromatic hydroxyl groups is 1. The second-order valence-electron chi connectivity index (χ2n) is 4.66. The average molecular weight is 268 g/mol. The summed E-state index contributed by atoms with van der Waals surface area (Å²) in [5, 5.41) is 9.68. The molecule has 2 unspecified atom stereocenters. The smallest absolute Gasteiger partial charge is 0.258 e. The zero-order chi connectivity index (χ0) is 14.0. The summed E-state index contributed by atoms with van der Waals surface area (Å²) in [6.45, 7) is 2.86. The molecule has 1 aromatic carbocycles. The maximum absolute atomic E-state index is 13.2. The van der Waals surface area contributed by atoms with Crippen LogP contribution in [0.1, 0.15) is 17.3 Å². The van der Waals surface area contributed by atoms with Crippen LogP contribution in [-0.4, -0.2) is 47.8 Å². The van der Waals surface area contributed by atoms with E-state index in [-0.39, 0.29) is 23.5 Å². The number of ether oxygens (including phenoxy) is 1. The van der Waals surface area contributed by atoms with Gasteiger partial charge in [-0.05, 0) is 25.1 Å². The normalized spacial score (nSPS) is 23.4. The van der Waals surface area contributed by atoms with E-state index in [0.717, 1.165) is 12.1 Å². The molecule has 0 spiro atoms. The summed E-state index contributed by atoms with van der Waals surface area (Å²) in [6.07, 6.45) is -0.226. The number of nitrogens with zero attached hydrogens (tertiary/aromatic N) is 1. The van der Waals surface area contributed by atoms with Gasteiger partial charge in [0.15, 0.2) is 0 Å². The topological polar surface area (TPSA) is 75.8 Å². The third-order valence-electron chi connectivity index (χ3n) is 3.22. The predicted molar refractivity (Wildman–Crippen MR) is 67.4 cm³/mol. The highest BCUT2D eigenvalue weighted by atomic mass is 19.1. The molecule has 2 rings (SSSR count). The summed E-state index contributed by atoms with van der Waals surface area (Å²) in [7, 11) is 0. The molecule has 1 fully saturated rings. The zero-order valence-electron chi connectivity index (χ0n) is 10.7. The van der Waals surface area contributed by atoms with Gasteiger partial charge in [0, 0.05) is 13.1 Å². The summed E-state index contributed by atoms with van der Waals surface area (Å²) in [5.74, 6) is -1.20. The number of carbonyl (C=O) groups excluding carboxylic acids is 1. The van der Waals surface area contributed by atoms with Crippen LogP contribution < -0.4 is 5.73 Å². The Labute approximate surface area is 110 Å². The van der Waals surface area contributed by atoms with Gasteiger partial charge in [0.25, 0.3) is 5.91 Å². The molecule has 1 aromatic rings. The van der Waals surface area contributed by atoms with Gasteiger partial charge in [0.2, 0.25) is 0 Å². The summed E-state index contributed by atoms with van der Waals surface area (Å²) in [4.78, 5) is 13.9. The van der Waals surface area contributed by atoms with E-state index in [4.69, 9.17) is 10.5 Å². The number of nitrogens with two attached hydrogens (primary N) is 1. The molecule has 19 heavy (non-hydrogen) atoms. The van der Waals surface area contributed by atoms with E-state index in [2.05, 4.69) is 0 Å². The lowest BCUT2D eigenvalue weighted by Crippen LogP contribution is -2.52. The first-order chi connectivity index (χ1) is 9.02. The fourth-order valence-corrected chi connectivity index (χ4v) is 2.08. The molecule has 1 aliphatic heterocycles. The SMILES string of the molecule is CC1COC(CN)CN1C(=O)c1cc(F)ccc1O. The van der Waals surface area contributed by atoms with Gasteiger partial charge < -0.3 is 20.5 Å². The quantitative estimate of drug-likeness (QED) is 0.828. The molecule has 0 saturated carbocycles. The van der Waals surface area contributed by atoms with Gasteiger partial charge in [0.1, 0.15) is 11.6 Å². The number of amides is 1. The van der Waals surface area contributed by atoms with Crippen LogP contribution in [0.15, 0.2) is 18.2 Å². The van der Waals surface area contributed by atoms with Crippen molar-refractivity contribution in [1.29, 1.82) is 0 Å². The number of benzene rings is 1. The first-order valence-electron chi connectivity index (χ1n) is 6.14. The zero-order valence-corrected chi connectivity index (χ0v) is 10.7. The summed E-state index contributed by atoms with van der Waals surface area (Å²) in [5.41, 5.74) is 5.49. The molecule has 0 bridgehead atoms. The van der Waals surface area contributed by atoms with Gasteiger partial charge in [0.05, 0.1) is 24.3 Å². The Bertz CT molecular complexity index is 481. The van der Waals surface area contributed by atoms with Crippen LogP contribution in [0, 0.1) is 5.82 Å². The molecule has 6 heteroatoms. The monoisotopic (exact) mass is 268 g/mol. The number of hydrogen-bond acceptors (Lipinski definition) is 4. The molecule has 5 nitrogen and oxygen atoms in total. The van der Waals surface area contributed by atoms with E-state index in [1.165, 1.54) is 6.07 Å². The molecule has 1 amide bonds. The van der Waals surface area contributed by atoms with Crippen molar-refractivity contribution in [2.24, 2.45) is 5.73 Å². The number of hydrogen-bond donors (Lipinski definition) is 2. The van der Waals surface area contributed by atoms with E-state index in [9.17, 15) is 14.3 Å². The summed E-state index contributed by atoms with van der Waals surface area (Å²) in [6, 6.07) is 3.18. The fraction of sp³-hybridized carbons (Fsp3) is 0.462. The van der Waals surface area contributed by atoms with Gasteiger partial charge in [-0.3, -0.25) is 4.79 Å². The van der Waals surface area contributed by atoms with Gasteiger partial charge in [-0.25, -0.2) is 4.39 Å². The molecule has 1 aliphatic rings. The Balaban J connectivity index is 2.24. The molecule has 0 aliphatic carbocycles. The van der Waals surface area contributed by atoms with Crippen LogP contribution in [-0.2, 0) is 4.74 Å². The van der Waals surface area contributed by atoms with Crippen molar-refractivity contribution in [3.8, 4) is 5.75 Å². The van der Waals surface area contributed by atoms with Gasteiger partial charge in [-0.2, -0.15) is 0 Å².